The van der Waals surface area contributed by atoms with Gasteiger partial charge in [0.1, 0.15) is 35.7 Å². The lowest BCUT2D eigenvalue weighted by Crippen LogP contribution is -2.44. The summed E-state index contributed by atoms with van der Waals surface area (Å²) < 4.78 is 24.8. The Labute approximate surface area is 208 Å². The van der Waals surface area contributed by atoms with Crippen molar-refractivity contribution in [3.8, 4) is 17.0 Å². The lowest BCUT2D eigenvalue weighted by Gasteiger charge is -2.29. The van der Waals surface area contributed by atoms with Gasteiger partial charge in [-0.3, -0.25) is 9.59 Å². The van der Waals surface area contributed by atoms with Gasteiger partial charge in [0.05, 0.1) is 17.7 Å². The van der Waals surface area contributed by atoms with Crippen molar-refractivity contribution in [2.45, 2.75) is 50.6 Å². The first-order valence-electron chi connectivity index (χ1n) is 12.4. The predicted molar refractivity (Wildman–Crippen MR) is 131 cm³/mol. The van der Waals surface area contributed by atoms with Crippen molar-refractivity contribution < 1.29 is 23.5 Å². The first-order valence-corrected chi connectivity index (χ1v) is 12.4. The van der Waals surface area contributed by atoms with Crippen LogP contribution in [0.15, 0.2) is 30.7 Å². The molecule has 0 unspecified atom stereocenters. The first-order chi connectivity index (χ1) is 17.5. The molecule has 0 bridgehead atoms. The van der Waals surface area contributed by atoms with Crippen LogP contribution in [0.1, 0.15) is 48.9 Å². The molecule has 0 aliphatic heterocycles. The highest BCUT2D eigenvalue weighted by molar-refractivity contribution is 6.07. The molecule has 10 heteroatoms. The van der Waals surface area contributed by atoms with E-state index in [0.29, 0.717) is 46.1 Å². The molecule has 2 fully saturated rings. The molecule has 190 valence electrons. The molecule has 2 heterocycles. The zero-order chi connectivity index (χ0) is 25.1. The maximum Gasteiger partial charge on any atom is 0.255 e. The third-order valence-corrected chi connectivity index (χ3v) is 6.78. The fraction of sp³-hybridized carbons (Fsp3) is 0.462. The summed E-state index contributed by atoms with van der Waals surface area (Å²) in [5.41, 5.74) is 2.71. The maximum atomic E-state index is 14.0. The third-order valence-electron chi connectivity index (χ3n) is 6.78. The van der Waals surface area contributed by atoms with Crippen LogP contribution in [0.25, 0.3) is 22.3 Å². The Morgan fingerprint density at radius 2 is 1.83 bits per heavy atom. The third kappa shape index (κ3) is 5.48. The van der Waals surface area contributed by atoms with E-state index in [0.717, 1.165) is 38.5 Å². The number of nitrogens with zero attached hydrogens (tertiary/aromatic N) is 2. The van der Waals surface area contributed by atoms with E-state index in [-0.39, 0.29) is 36.3 Å². The van der Waals surface area contributed by atoms with Gasteiger partial charge < -0.3 is 25.1 Å². The van der Waals surface area contributed by atoms with E-state index in [4.69, 9.17) is 9.47 Å². The molecule has 1 aromatic carbocycles. The van der Waals surface area contributed by atoms with Crippen molar-refractivity contribution >= 4 is 22.8 Å². The monoisotopic (exact) mass is 495 g/mol. The molecule has 2 saturated carbocycles. The van der Waals surface area contributed by atoms with Gasteiger partial charge in [0.25, 0.3) is 5.91 Å². The molecule has 0 radical (unpaired) electrons. The summed E-state index contributed by atoms with van der Waals surface area (Å²) in [6.07, 6.45) is 8.40. The quantitative estimate of drug-likeness (QED) is 0.419. The molecule has 0 spiro atoms. The molecule has 0 atom stereocenters. The summed E-state index contributed by atoms with van der Waals surface area (Å²) in [7, 11) is 1.49. The van der Waals surface area contributed by atoms with E-state index in [1.165, 1.54) is 25.6 Å². The minimum atomic E-state index is -0.380. The van der Waals surface area contributed by atoms with Crippen molar-refractivity contribution in [2.75, 3.05) is 20.3 Å². The van der Waals surface area contributed by atoms with Gasteiger partial charge in [0, 0.05) is 37.0 Å². The molecule has 2 aliphatic carbocycles. The Morgan fingerprint density at radius 1 is 1.08 bits per heavy atom. The Bertz CT molecular complexity index is 1250. The van der Waals surface area contributed by atoms with Crippen LogP contribution in [0, 0.1) is 11.7 Å². The number of halogens is 1. The van der Waals surface area contributed by atoms with Gasteiger partial charge in [-0.25, -0.2) is 14.4 Å². The number of ether oxygens (including phenoxy) is 2. The van der Waals surface area contributed by atoms with E-state index in [9.17, 15) is 14.0 Å². The standard InChI is InChI=1S/C26H30FN5O4/c1-35-13-22(33)31-17-5-7-18(8-6-17)32-26(34)20-11-28-25-23(29-14-30-24(20)25)19-9-4-16(27)10-21(19)36-12-15-2-3-15/h4,9-11,14-15,17-18,28H,2-3,5-8,12-13H2,1H3,(H,31,33)(H,32,34)/t17-,18-. The highest BCUT2D eigenvalue weighted by Crippen LogP contribution is 2.36. The van der Waals surface area contributed by atoms with E-state index in [1.54, 1.807) is 12.3 Å². The molecule has 2 amide bonds. The summed E-state index contributed by atoms with van der Waals surface area (Å²) in [6.45, 7) is 0.592. The number of aromatic amines is 1. The van der Waals surface area contributed by atoms with Gasteiger partial charge in [-0.1, -0.05) is 0 Å². The zero-order valence-electron chi connectivity index (χ0n) is 20.2. The number of H-pyrrole nitrogens is 1. The number of aromatic nitrogens is 3. The molecule has 5 rings (SSSR count). The molecule has 0 saturated heterocycles. The molecular formula is C26H30FN5O4. The van der Waals surface area contributed by atoms with Crippen LogP contribution < -0.4 is 15.4 Å². The summed E-state index contributed by atoms with van der Waals surface area (Å²) >= 11 is 0. The number of benzene rings is 1. The molecule has 2 aliphatic rings. The molecule has 2 aromatic heterocycles. The van der Waals surface area contributed by atoms with E-state index in [2.05, 4.69) is 25.6 Å². The second-order valence-corrected chi connectivity index (χ2v) is 9.57. The van der Waals surface area contributed by atoms with E-state index < -0.39 is 0 Å². The van der Waals surface area contributed by atoms with Gasteiger partial charge in [0.15, 0.2) is 0 Å². The number of hydrogen-bond donors (Lipinski definition) is 3. The second kappa shape index (κ2) is 10.6. The number of amides is 2. The molecule has 3 aromatic rings. The van der Waals surface area contributed by atoms with Crippen molar-refractivity contribution in [1.82, 2.24) is 25.6 Å². The van der Waals surface area contributed by atoms with E-state index >= 15 is 0 Å². The van der Waals surface area contributed by atoms with Crippen molar-refractivity contribution in [3.05, 3.63) is 42.1 Å². The smallest absolute Gasteiger partial charge is 0.255 e. The Hall–Kier alpha value is -3.53. The number of hydrogen-bond acceptors (Lipinski definition) is 6. The largest absolute Gasteiger partial charge is 0.492 e. The van der Waals surface area contributed by atoms with Crippen LogP contribution in [0.5, 0.6) is 5.75 Å². The van der Waals surface area contributed by atoms with Crippen LogP contribution in [-0.4, -0.2) is 59.2 Å². The number of rotatable bonds is 9. The van der Waals surface area contributed by atoms with Crippen LogP contribution >= 0.6 is 0 Å². The molecule has 9 nitrogen and oxygen atoms in total. The van der Waals surface area contributed by atoms with Crippen LogP contribution in [0.4, 0.5) is 4.39 Å². The van der Waals surface area contributed by atoms with Crippen LogP contribution in [-0.2, 0) is 9.53 Å². The fourth-order valence-corrected chi connectivity index (χ4v) is 4.67. The minimum Gasteiger partial charge on any atom is -0.492 e. The number of methoxy groups -OCH3 is 1. The highest BCUT2D eigenvalue weighted by Gasteiger charge is 2.26. The van der Waals surface area contributed by atoms with Crippen LogP contribution in [0.3, 0.4) is 0 Å². The van der Waals surface area contributed by atoms with Crippen molar-refractivity contribution in [1.29, 1.82) is 0 Å². The predicted octanol–water partition coefficient (Wildman–Crippen LogP) is 3.36. The lowest BCUT2D eigenvalue weighted by atomic mass is 9.91. The highest BCUT2D eigenvalue weighted by atomic mass is 19.1. The molecule has 36 heavy (non-hydrogen) atoms. The lowest BCUT2D eigenvalue weighted by molar-refractivity contribution is -0.125. The van der Waals surface area contributed by atoms with Crippen LogP contribution in [0.2, 0.25) is 0 Å². The minimum absolute atomic E-state index is 0.0128. The topological polar surface area (TPSA) is 118 Å². The van der Waals surface area contributed by atoms with E-state index in [1.807, 2.05) is 0 Å². The second-order valence-electron chi connectivity index (χ2n) is 9.57. The van der Waals surface area contributed by atoms with Gasteiger partial charge in [-0.2, -0.15) is 0 Å². The summed E-state index contributed by atoms with van der Waals surface area (Å²) in [4.78, 5) is 36.8. The summed E-state index contributed by atoms with van der Waals surface area (Å²) in [6, 6.07) is 4.49. The number of nitrogens with one attached hydrogen (secondary N) is 3. The first kappa shape index (κ1) is 24.2. The van der Waals surface area contributed by atoms with Gasteiger partial charge >= 0.3 is 0 Å². The fourth-order valence-electron chi connectivity index (χ4n) is 4.67. The Balaban J connectivity index is 1.29. The van der Waals surface area contributed by atoms with Crippen molar-refractivity contribution in [3.63, 3.8) is 0 Å². The Morgan fingerprint density at radius 3 is 2.56 bits per heavy atom. The molecule has 3 N–H and O–H groups in total. The average molecular weight is 496 g/mol. The zero-order valence-corrected chi connectivity index (χ0v) is 20.2. The summed E-state index contributed by atoms with van der Waals surface area (Å²) in [5, 5.41) is 6.06. The van der Waals surface area contributed by atoms with Crippen molar-refractivity contribution in [2.24, 2.45) is 5.92 Å². The number of fused-ring (bicyclic) bond motifs is 1. The SMILES string of the molecule is COCC(=O)N[C@H]1CC[C@H](NC(=O)c2c[nH]c3c(-c4ccc(F)cc4OCC4CC4)ncnc23)CC1. The van der Waals surface area contributed by atoms with Gasteiger partial charge in [0.2, 0.25) is 5.91 Å². The van der Waals surface area contributed by atoms with Gasteiger partial charge in [-0.05, 0) is 56.6 Å². The normalized spacial score (nSPS) is 19.7. The average Bonchev–Trinajstić information content (AvgIpc) is 3.60. The number of carbonyl (C=O) groups is 2. The number of carbonyl (C=O) groups excluding carboxylic acids is 2. The molecular weight excluding hydrogens is 465 g/mol. The van der Waals surface area contributed by atoms with Gasteiger partial charge in [-0.15, -0.1) is 0 Å². The Kier molecular flexibility index (Phi) is 7.13. The summed E-state index contributed by atoms with van der Waals surface area (Å²) in [5.74, 6) is 0.221. The maximum absolute atomic E-state index is 14.0.